The van der Waals surface area contributed by atoms with E-state index < -0.39 is 11.7 Å². The van der Waals surface area contributed by atoms with Crippen LogP contribution >= 0.6 is 11.3 Å². The maximum absolute atomic E-state index is 12.0. The third-order valence-corrected chi connectivity index (χ3v) is 4.19. The monoisotopic (exact) mass is 293 g/mol. The minimum absolute atomic E-state index is 0.296. The van der Waals surface area contributed by atoms with Gasteiger partial charge >= 0.3 is 6.09 Å². The molecule has 0 bridgehead atoms. The summed E-state index contributed by atoms with van der Waals surface area (Å²) in [6.07, 6.45) is 4.84. The van der Waals surface area contributed by atoms with Crippen LogP contribution in [0, 0.1) is 12.3 Å². The van der Waals surface area contributed by atoms with Crippen LogP contribution in [0.5, 0.6) is 0 Å². The number of amides is 1. The molecule has 0 saturated heterocycles. The molecule has 1 atom stereocenters. The van der Waals surface area contributed by atoms with Gasteiger partial charge in [0.1, 0.15) is 11.7 Å². The highest BCUT2D eigenvalue weighted by atomic mass is 32.1. The highest BCUT2D eigenvalue weighted by molar-refractivity contribution is 7.12. The number of nitrogens with zero attached hydrogens (tertiary/aromatic N) is 1. The van der Waals surface area contributed by atoms with Crippen LogP contribution in [0.25, 0.3) is 0 Å². The Morgan fingerprint density at radius 1 is 1.60 bits per heavy atom. The maximum atomic E-state index is 12.0. The Hall–Kier alpha value is -1.51. The van der Waals surface area contributed by atoms with Crippen LogP contribution in [0.15, 0.2) is 6.07 Å². The number of ether oxygens (including phenoxy) is 1. The lowest BCUT2D eigenvalue weighted by molar-refractivity contribution is 0.0226. The minimum atomic E-state index is -0.861. The van der Waals surface area contributed by atoms with E-state index in [1.54, 1.807) is 4.90 Å². The summed E-state index contributed by atoms with van der Waals surface area (Å²) in [6, 6.07) is 1.94. The molecule has 0 spiro atoms. The molecule has 0 saturated carbocycles. The number of aliphatic hydroxyl groups is 1. The van der Waals surface area contributed by atoms with Crippen molar-refractivity contribution in [2.75, 3.05) is 6.54 Å². The molecule has 1 aliphatic heterocycles. The number of terminal acetylenes is 1. The van der Waals surface area contributed by atoms with Gasteiger partial charge in [-0.25, -0.2) is 4.79 Å². The van der Waals surface area contributed by atoms with Crippen LogP contribution in [0.1, 0.15) is 42.2 Å². The second-order valence-corrected chi connectivity index (χ2v) is 6.99. The summed E-state index contributed by atoms with van der Waals surface area (Å²) in [4.78, 5) is 15.6. The van der Waals surface area contributed by atoms with Gasteiger partial charge in [0, 0.05) is 16.3 Å². The largest absolute Gasteiger partial charge is 0.444 e. The van der Waals surface area contributed by atoms with Crippen molar-refractivity contribution in [2.45, 2.75) is 45.4 Å². The normalized spacial score (nSPS) is 16.2. The van der Waals surface area contributed by atoms with E-state index in [1.807, 2.05) is 26.8 Å². The molecule has 108 valence electrons. The molecule has 0 aliphatic carbocycles. The summed E-state index contributed by atoms with van der Waals surface area (Å²) in [5.74, 6) is 2.32. The van der Waals surface area contributed by atoms with Gasteiger partial charge in [-0.3, -0.25) is 0 Å². The lowest BCUT2D eigenvalue weighted by atomic mass is 10.1. The van der Waals surface area contributed by atoms with Crippen LogP contribution in [-0.2, 0) is 17.7 Å². The summed E-state index contributed by atoms with van der Waals surface area (Å²) >= 11 is 1.47. The van der Waals surface area contributed by atoms with Crippen LogP contribution in [-0.4, -0.2) is 28.2 Å². The van der Waals surface area contributed by atoms with Gasteiger partial charge in [-0.15, -0.1) is 17.8 Å². The molecule has 0 radical (unpaired) electrons. The van der Waals surface area contributed by atoms with E-state index in [2.05, 4.69) is 5.92 Å². The zero-order valence-electron chi connectivity index (χ0n) is 12.0. The SMILES string of the molecule is C#CC(O)c1cc2c(s1)CN(C(=O)OC(C)(C)C)CC2. The Bertz CT molecular complexity index is 550. The van der Waals surface area contributed by atoms with Gasteiger partial charge < -0.3 is 14.7 Å². The first-order valence-electron chi connectivity index (χ1n) is 6.54. The Labute approximate surface area is 123 Å². The summed E-state index contributed by atoms with van der Waals surface area (Å²) < 4.78 is 5.38. The Kier molecular flexibility index (Phi) is 4.07. The molecular formula is C15H19NO3S. The van der Waals surface area contributed by atoms with E-state index in [0.717, 1.165) is 16.2 Å². The van der Waals surface area contributed by atoms with Gasteiger partial charge in [0.15, 0.2) is 0 Å². The van der Waals surface area contributed by atoms with Gasteiger partial charge in [-0.05, 0) is 38.8 Å². The Balaban J connectivity index is 2.09. The van der Waals surface area contributed by atoms with Gasteiger partial charge in [0.25, 0.3) is 0 Å². The molecule has 1 aromatic heterocycles. The van der Waals surface area contributed by atoms with Gasteiger partial charge in [0.2, 0.25) is 0 Å². The van der Waals surface area contributed by atoms with E-state index in [4.69, 9.17) is 11.2 Å². The maximum Gasteiger partial charge on any atom is 0.410 e. The molecule has 4 nitrogen and oxygen atoms in total. The van der Waals surface area contributed by atoms with Crippen molar-refractivity contribution < 1.29 is 14.6 Å². The van der Waals surface area contributed by atoms with Crippen molar-refractivity contribution in [2.24, 2.45) is 0 Å². The van der Waals surface area contributed by atoms with Gasteiger partial charge in [-0.2, -0.15) is 0 Å². The highest BCUT2D eigenvalue weighted by Crippen LogP contribution is 2.32. The second kappa shape index (κ2) is 5.47. The van der Waals surface area contributed by atoms with E-state index in [1.165, 1.54) is 16.9 Å². The zero-order valence-corrected chi connectivity index (χ0v) is 12.8. The van der Waals surface area contributed by atoms with Crippen LogP contribution in [0.3, 0.4) is 0 Å². The van der Waals surface area contributed by atoms with E-state index >= 15 is 0 Å². The predicted octanol–water partition coefficient (Wildman–Crippen LogP) is 2.71. The third-order valence-electron chi connectivity index (χ3n) is 2.98. The predicted molar refractivity (Wildman–Crippen MR) is 78.5 cm³/mol. The van der Waals surface area contributed by atoms with E-state index in [0.29, 0.717) is 13.1 Å². The topological polar surface area (TPSA) is 49.8 Å². The average molecular weight is 293 g/mol. The molecule has 1 aliphatic rings. The first-order chi connectivity index (χ1) is 9.30. The molecule has 1 N–H and O–H groups in total. The van der Waals surface area contributed by atoms with Crippen molar-refractivity contribution in [3.05, 3.63) is 21.4 Å². The average Bonchev–Trinajstić information content (AvgIpc) is 2.78. The summed E-state index contributed by atoms with van der Waals surface area (Å²) in [7, 11) is 0. The van der Waals surface area contributed by atoms with Crippen LogP contribution in [0.2, 0.25) is 0 Å². The number of rotatable bonds is 1. The third kappa shape index (κ3) is 3.33. The Morgan fingerprint density at radius 2 is 2.30 bits per heavy atom. The number of thiophene rings is 1. The lowest BCUT2D eigenvalue weighted by Crippen LogP contribution is -2.39. The van der Waals surface area contributed by atoms with Crippen molar-refractivity contribution >= 4 is 17.4 Å². The van der Waals surface area contributed by atoms with Gasteiger partial charge in [-0.1, -0.05) is 5.92 Å². The first-order valence-corrected chi connectivity index (χ1v) is 7.35. The first kappa shape index (κ1) is 14.9. The van der Waals surface area contributed by atoms with Crippen molar-refractivity contribution in [3.63, 3.8) is 0 Å². The molecule has 0 aromatic carbocycles. The number of carbonyl (C=O) groups is 1. The Morgan fingerprint density at radius 3 is 2.90 bits per heavy atom. The van der Waals surface area contributed by atoms with Crippen LogP contribution < -0.4 is 0 Å². The summed E-state index contributed by atoms with van der Waals surface area (Å²) in [5.41, 5.74) is 0.677. The molecule has 5 heteroatoms. The fraction of sp³-hybridized carbons (Fsp3) is 0.533. The van der Waals surface area contributed by atoms with Crippen molar-refractivity contribution in [3.8, 4) is 12.3 Å². The number of hydrogen-bond acceptors (Lipinski definition) is 4. The van der Waals surface area contributed by atoms with Crippen molar-refractivity contribution in [1.82, 2.24) is 4.90 Å². The number of aliphatic hydroxyl groups excluding tert-OH is 1. The van der Waals surface area contributed by atoms with E-state index in [9.17, 15) is 9.90 Å². The number of hydrogen-bond donors (Lipinski definition) is 1. The molecule has 2 rings (SSSR count). The molecule has 2 heterocycles. The van der Waals surface area contributed by atoms with Crippen molar-refractivity contribution in [1.29, 1.82) is 0 Å². The van der Waals surface area contributed by atoms with Crippen LogP contribution in [0.4, 0.5) is 4.79 Å². The smallest absolute Gasteiger partial charge is 0.410 e. The highest BCUT2D eigenvalue weighted by Gasteiger charge is 2.27. The number of fused-ring (bicyclic) bond motifs is 1. The molecule has 20 heavy (non-hydrogen) atoms. The molecule has 1 amide bonds. The standard InChI is InChI=1S/C15H19NO3S/c1-5-11(17)12-8-10-6-7-16(9-13(10)20-12)14(18)19-15(2,3)4/h1,8,11,17H,6-7,9H2,2-4H3. The fourth-order valence-corrected chi connectivity index (χ4v) is 3.22. The molecule has 1 aromatic rings. The molecular weight excluding hydrogens is 274 g/mol. The lowest BCUT2D eigenvalue weighted by Gasteiger charge is -2.29. The summed E-state index contributed by atoms with van der Waals surface area (Å²) in [6.45, 7) is 6.71. The van der Waals surface area contributed by atoms with E-state index in [-0.39, 0.29) is 6.09 Å². The molecule has 0 fully saturated rings. The minimum Gasteiger partial charge on any atom is -0.444 e. The fourth-order valence-electron chi connectivity index (χ4n) is 2.04. The van der Waals surface area contributed by atoms with Gasteiger partial charge in [0.05, 0.1) is 6.54 Å². The summed E-state index contributed by atoms with van der Waals surface area (Å²) in [5, 5.41) is 9.68. The zero-order chi connectivity index (χ0) is 14.9. The number of carbonyl (C=O) groups excluding carboxylic acids is 1. The molecule has 1 unspecified atom stereocenters. The second-order valence-electron chi connectivity index (χ2n) is 5.82. The quantitative estimate of drug-likeness (QED) is 0.810.